The molecule has 0 spiro atoms. The Bertz CT molecular complexity index is 760. The fraction of sp³-hybridized carbons (Fsp3) is 0.389. The molecule has 0 saturated heterocycles. The Labute approximate surface area is 141 Å². The first kappa shape index (κ1) is 15.9. The summed E-state index contributed by atoms with van der Waals surface area (Å²) in [6.45, 7) is 4.15. The SMILES string of the molecule is CCCCCCc1ccsc1-c1ccnc(-c2n[nH]c(C)n2)c1. The van der Waals surface area contributed by atoms with E-state index >= 15 is 0 Å². The maximum atomic E-state index is 4.41. The minimum absolute atomic E-state index is 0.658. The zero-order valence-electron chi connectivity index (χ0n) is 13.7. The van der Waals surface area contributed by atoms with Gasteiger partial charge in [-0.25, -0.2) is 4.98 Å². The van der Waals surface area contributed by atoms with Crippen molar-refractivity contribution in [1.82, 2.24) is 20.2 Å². The lowest BCUT2D eigenvalue weighted by Crippen LogP contribution is -1.89. The molecule has 3 heterocycles. The van der Waals surface area contributed by atoms with E-state index in [1.54, 1.807) is 11.3 Å². The third-order valence-electron chi connectivity index (χ3n) is 3.89. The quantitative estimate of drug-likeness (QED) is 0.620. The maximum absolute atomic E-state index is 4.41. The minimum atomic E-state index is 0.658. The Balaban J connectivity index is 1.81. The molecule has 0 aliphatic heterocycles. The van der Waals surface area contributed by atoms with Gasteiger partial charge in [0, 0.05) is 11.1 Å². The number of H-pyrrole nitrogens is 1. The molecule has 0 fully saturated rings. The van der Waals surface area contributed by atoms with Gasteiger partial charge in [-0.05, 0) is 54.5 Å². The molecule has 0 aliphatic rings. The summed E-state index contributed by atoms with van der Waals surface area (Å²) in [5.74, 6) is 1.46. The molecule has 23 heavy (non-hydrogen) atoms. The highest BCUT2D eigenvalue weighted by molar-refractivity contribution is 7.13. The van der Waals surface area contributed by atoms with Gasteiger partial charge >= 0.3 is 0 Å². The second-order valence-corrected chi connectivity index (χ2v) is 6.68. The van der Waals surface area contributed by atoms with Crippen LogP contribution < -0.4 is 0 Å². The molecular formula is C18H22N4S. The van der Waals surface area contributed by atoms with Crippen LogP contribution in [0.15, 0.2) is 29.8 Å². The molecule has 1 N–H and O–H groups in total. The molecule has 0 radical (unpaired) electrons. The van der Waals surface area contributed by atoms with Crippen molar-refractivity contribution >= 4 is 11.3 Å². The number of pyridine rings is 1. The van der Waals surface area contributed by atoms with Crippen LogP contribution in [-0.2, 0) is 6.42 Å². The van der Waals surface area contributed by atoms with E-state index in [-0.39, 0.29) is 0 Å². The lowest BCUT2D eigenvalue weighted by atomic mass is 10.0. The molecular weight excluding hydrogens is 304 g/mol. The number of aromatic nitrogens is 4. The number of aryl methyl sites for hydroxylation is 2. The molecule has 3 rings (SSSR count). The largest absolute Gasteiger partial charge is 0.263 e. The van der Waals surface area contributed by atoms with Crippen molar-refractivity contribution in [2.75, 3.05) is 0 Å². The van der Waals surface area contributed by atoms with E-state index in [1.165, 1.54) is 41.7 Å². The Kier molecular flexibility index (Phi) is 5.18. The fourth-order valence-electron chi connectivity index (χ4n) is 2.68. The molecule has 0 unspecified atom stereocenters. The predicted octanol–water partition coefficient (Wildman–Crippen LogP) is 5.03. The first-order valence-electron chi connectivity index (χ1n) is 8.20. The summed E-state index contributed by atoms with van der Waals surface area (Å²) < 4.78 is 0. The Hall–Kier alpha value is -2.01. The highest BCUT2D eigenvalue weighted by atomic mass is 32.1. The first-order chi connectivity index (χ1) is 11.3. The van der Waals surface area contributed by atoms with E-state index in [1.807, 2.05) is 13.1 Å². The van der Waals surface area contributed by atoms with Gasteiger partial charge in [-0.3, -0.25) is 10.1 Å². The highest BCUT2D eigenvalue weighted by Crippen LogP contribution is 2.32. The van der Waals surface area contributed by atoms with Gasteiger partial charge in [0.05, 0.1) is 0 Å². The number of thiophene rings is 1. The number of hydrogen-bond donors (Lipinski definition) is 1. The Morgan fingerprint density at radius 1 is 1.17 bits per heavy atom. The second-order valence-electron chi connectivity index (χ2n) is 5.76. The average Bonchev–Trinajstić information content (AvgIpc) is 3.21. The molecule has 5 heteroatoms. The van der Waals surface area contributed by atoms with E-state index in [2.05, 4.69) is 50.7 Å². The van der Waals surface area contributed by atoms with Crippen molar-refractivity contribution in [1.29, 1.82) is 0 Å². The van der Waals surface area contributed by atoms with Crippen molar-refractivity contribution in [2.24, 2.45) is 0 Å². The summed E-state index contributed by atoms with van der Waals surface area (Å²) in [6, 6.07) is 6.41. The molecule has 3 aromatic rings. The summed E-state index contributed by atoms with van der Waals surface area (Å²) >= 11 is 1.80. The van der Waals surface area contributed by atoms with Crippen molar-refractivity contribution in [2.45, 2.75) is 46.0 Å². The molecule has 120 valence electrons. The molecule has 0 saturated carbocycles. The van der Waals surface area contributed by atoms with E-state index in [0.29, 0.717) is 5.82 Å². The van der Waals surface area contributed by atoms with Crippen LogP contribution in [0.5, 0.6) is 0 Å². The van der Waals surface area contributed by atoms with E-state index < -0.39 is 0 Å². The van der Waals surface area contributed by atoms with E-state index in [9.17, 15) is 0 Å². The summed E-state index contributed by atoms with van der Waals surface area (Å²) in [6.07, 6.45) is 8.16. The second kappa shape index (κ2) is 7.51. The van der Waals surface area contributed by atoms with Crippen LogP contribution in [0.4, 0.5) is 0 Å². The molecule has 0 aliphatic carbocycles. The van der Waals surface area contributed by atoms with Crippen LogP contribution in [0, 0.1) is 6.92 Å². The van der Waals surface area contributed by atoms with Crippen molar-refractivity contribution < 1.29 is 0 Å². The standard InChI is InChI=1S/C18H22N4S/c1-3-4-5-6-7-14-9-11-23-17(14)15-8-10-19-16(12-15)18-20-13(2)21-22-18/h8-12H,3-7H2,1-2H3,(H,20,21,22). The Morgan fingerprint density at radius 2 is 2.09 bits per heavy atom. The molecule has 3 aromatic heterocycles. The Morgan fingerprint density at radius 3 is 2.87 bits per heavy atom. The average molecular weight is 326 g/mol. The zero-order valence-corrected chi connectivity index (χ0v) is 14.5. The summed E-state index contributed by atoms with van der Waals surface area (Å²) in [7, 11) is 0. The third kappa shape index (κ3) is 3.85. The fourth-order valence-corrected chi connectivity index (χ4v) is 3.63. The van der Waals surface area contributed by atoms with Gasteiger partial charge in [0.15, 0.2) is 5.82 Å². The van der Waals surface area contributed by atoms with Crippen molar-refractivity contribution in [3.05, 3.63) is 41.2 Å². The number of nitrogens with zero attached hydrogens (tertiary/aromatic N) is 3. The van der Waals surface area contributed by atoms with Crippen LogP contribution in [0.1, 0.15) is 44.0 Å². The van der Waals surface area contributed by atoms with Gasteiger partial charge in [0.2, 0.25) is 0 Å². The number of rotatable bonds is 7. The summed E-state index contributed by atoms with van der Waals surface area (Å²) in [4.78, 5) is 10.1. The summed E-state index contributed by atoms with van der Waals surface area (Å²) in [5, 5.41) is 9.26. The van der Waals surface area contributed by atoms with Crippen molar-refractivity contribution in [3.8, 4) is 22.0 Å². The van der Waals surface area contributed by atoms with Crippen LogP contribution in [0.2, 0.25) is 0 Å². The number of unbranched alkanes of at least 4 members (excludes halogenated alkanes) is 3. The smallest absolute Gasteiger partial charge is 0.199 e. The molecule has 0 amide bonds. The van der Waals surface area contributed by atoms with E-state index in [4.69, 9.17) is 0 Å². The minimum Gasteiger partial charge on any atom is -0.263 e. The zero-order chi connectivity index (χ0) is 16.1. The van der Waals surface area contributed by atoms with Gasteiger partial charge in [-0.2, -0.15) is 5.10 Å². The maximum Gasteiger partial charge on any atom is 0.199 e. The van der Waals surface area contributed by atoms with Gasteiger partial charge < -0.3 is 0 Å². The summed E-state index contributed by atoms with van der Waals surface area (Å²) in [5.41, 5.74) is 3.46. The number of aromatic amines is 1. The van der Waals surface area contributed by atoms with Gasteiger partial charge in [-0.15, -0.1) is 11.3 Å². The van der Waals surface area contributed by atoms with Crippen LogP contribution in [0.25, 0.3) is 22.0 Å². The van der Waals surface area contributed by atoms with Gasteiger partial charge in [0.25, 0.3) is 0 Å². The molecule has 0 atom stereocenters. The van der Waals surface area contributed by atoms with Crippen LogP contribution >= 0.6 is 11.3 Å². The molecule has 0 bridgehead atoms. The van der Waals surface area contributed by atoms with Crippen LogP contribution in [-0.4, -0.2) is 20.2 Å². The lowest BCUT2D eigenvalue weighted by Gasteiger charge is -2.05. The highest BCUT2D eigenvalue weighted by Gasteiger charge is 2.11. The monoisotopic (exact) mass is 326 g/mol. The third-order valence-corrected chi connectivity index (χ3v) is 4.90. The van der Waals surface area contributed by atoms with Gasteiger partial charge in [-0.1, -0.05) is 26.2 Å². The normalized spacial score (nSPS) is 11.0. The molecule has 4 nitrogen and oxygen atoms in total. The predicted molar refractivity (Wildman–Crippen MR) is 95.5 cm³/mol. The van der Waals surface area contributed by atoms with Crippen LogP contribution in [0.3, 0.4) is 0 Å². The topological polar surface area (TPSA) is 54.5 Å². The molecule has 0 aromatic carbocycles. The lowest BCUT2D eigenvalue weighted by molar-refractivity contribution is 0.668. The first-order valence-corrected chi connectivity index (χ1v) is 9.08. The number of hydrogen-bond acceptors (Lipinski definition) is 4. The van der Waals surface area contributed by atoms with E-state index in [0.717, 1.165) is 17.9 Å². The number of nitrogens with one attached hydrogen (secondary N) is 1. The van der Waals surface area contributed by atoms with Crippen molar-refractivity contribution in [3.63, 3.8) is 0 Å². The van der Waals surface area contributed by atoms with Gasteiger partial charge in [0.1, 0.15) is 11.5 Å².